The second-order valence-electron chi connectivity index (χ2n) is 3.43. The summed E-state index contributed by atoms with van der Waals surface area (Å²) in [4.78, 5) is 0. The van der Waals surface area contributed by atoms with Gasteiger partial charge in [-0.15, -0.1) is 0 Å². The highest BCUT2D eigenvalue weighted by atomic mass is 19.1. The molecule has 0 aliphatic rings. The minimum atomic E-state index is -0.593. The van der Waals surface area contributed by atoms with E-state index >= 15 is 0 Å². The molecule has 2 atom stereocenters. The van der Waals surface area contributed by atoms with Crippen LogP contribution in [-0.2, 0) is 0 Å². The Balaban J connectivity index is 2.95. The Morgan fingerprint density at radius 2 is 2.00 bits per heavy atom. The Labute approximate surface area is 82.4 Å². The van der Waals surface area contributed by atoms with Gasteiger partial charge in [-0.05, 0) is 18.1 Å². The van der Waals surface area contributed by atoms with Gasteiger partial charge in [0.25, 0.3) is 0 Å². The summed E-state index contributed by atoms with van der Waals surface area (Å²) < 4.78 is 25.8. The van der Waals surface area contributed by atoms with Crippen LogP contribution in [-0.4, -0.2) is 11.2 Å². The molecule has 0 heterocycles. The van der Waals surface area contributed by atoms with Crippen LogP contribution in [0.3, 0.4) is 0 Å². The second kappa shape index (κ2) is 4.51. The van der Waals surface area contributed by atoms with Gasteiger partial charge >= 0.3 is 0 Å². The van der Waals surface area contributed by atoms with Crippen LogP contribution in [0.25, 0.3) is 0 Å². The number of benzene rings is 1. The molecule has 1 aromatic rings. The highest BCUT2D eigenvalue weighted by Crippen LogP contribution is 2.24. The molecule has 0 fully saturated rings. The van der Waals surface area contributed by atoms with Gasteiger partial charge in [-0.3, -0.25) is 0 Å². The van der Waals surface area contributed by atoms with Crippen molar-refractivity contribution in [2.45, 2.75) is 32.3 Å². The van der Waals surface area contributed by atoms with Crippen LogP contribution in [0.15, 0.2) is 18.2 Å². The Morgan fingerprint density at radius 3 is 2.50 bits per heavy atom. The SMILES string of the molecule is CCC(O)C(C)c1ccc(F)cc1F. The molecule has 1 N–H and O–H groups in total. The van der Waals surface area contributed by atoms with E-state index in [1.54, 1.807) is 6.92 Å². The summed E-state index contributed by atoms with van der Waals surface area (Å²) in [5.41, 5.74) is 0.362. The molecule has 1 nitrogen and oxygen atoms in total. The van der Waals surface area contributed by atoms with E-state index < -0.39 is 17.7 Å². The monoisotopic (exact) mass is 200 g/mol. The summed E-state index contributed by atoms with van der Waals surface area (Å²) in [6.07, 6.45) is -0.0344. The van der Waals surface area contributed by atoms with Crippen molar-refractivity contribution in [3.05, 3.63) is 35.4 Å². The number of aliphatic hydroxyl groups excluding tert-OH is 1. The van der Waals surface area contributed by atoms with Gasteiger partial charge in [0.2, 0.25) is 0 Å². The average Bonchev–Trinajstić information content (AvgIpc) is 2.15. The Morgan fingerprint density at radius 1 is 1.36 bits per heavy atom. The second-order valence-corrected chi connectivity index (χ2v) is 3.43. The molecule has 0 spiro atoms. The van der Waals surface area contributed by atoms with E-state index in [0.29, 0.717) is 12.0 Å². The molecule has 1 rings (SSSR count). The fourth-order valence-electron chi connectivity index (χ4n) is 1.43. The molecule has 0 saturated heterocycles. The standard InChI is InChI=1S/C11H14F2O/c1-3-11(14)7(2)9-5-4-8(12)6-10(9)13/h4-7,11,14H,3H2,1-2H3. The van der Waals surface area contributed by atoms with Gasteiger partial charge < -0.3 is 5.11 Å². The number of halogens is 2. The van der Waals surface area contributed by atoms with E-state index in [2.05, 4.69) is 0 Å². The molecule has 0 aliphatic carbocycles. The third-order valence-corrected chi connectivity index (χ3v) is 2.45. The number of aliphatic hydroxyl groups is 1. The van der Waals surface area contributed by atoms with E-state index in [1.165, 1.54) is 12.1 Å². The van der Waals surface area contributed by atoms with Gasteiger partial charge in [0.15, 0.2) is 0 Å². The summed E-state index contributed by atoms with van der Waals surface area (Å²) in [5, 5.41) is 9.51. The topological polar surface area (TPSA) is 20.2 Å². The molecular weight excluding hydrogens is 186 g/mol. The first-order chi connectivity index (χ1) is 6.56. The van der Waals surface area contributed by atoms with Crippen molar-refractivity contribution in [2.75, 3.05) is 0 Å². The number of rotatable bonds is 3. The van der Waals surface area contributed by atoms with Crippen LogP contribution in [0.5, 0.6) is 0 Å². The molecule has 0 bridgehead atoms. The first-order valence-electron chi connectivity index (χ1n) is 4.69. The molecule has 2 unspecified atom stereocenters. The summed E-state index contributed by atoms with van der Waals surface area (Å²) in [5.74, 6) is -1.49. The van der Waals surface area contributed by atoms with Crippen molar-refractivity contribution in [1.29, 1.82) is 0 Å². The molecule has 0 aliphatic heterocycles. The first-order valence-corrected chi connectivity index (χ1v) is 4.69. The largest absolute Gasteiger partial charge is 0.393 e. The van der Waals surface area contributed by atoms with E-state index in [9.17, 15) is 13.9 Å². The lowest BCUT2D eigenvalue weighted by Crippen LogP contribution is -2.15. The zero-order valence-corrected chi connectivity index (χ0v) is 8.30. The average molecular weight is 200 g/mol. The molecule has 14 heavy (non-hydrogen) atoms. The van der Waals surface area contributed by atoms with Crippen LogP contribution >= 0.6 is 0 Å². The van der Waals surface area contributed by atoms with Crippen molar-refractivity contribution in [3.8, 4) is 0 Å². The van der Waals surface area contributed by atoms with E-state index in [-0.39, 0.29) is 5.92 Å². The van der Waals surface area contributed by atoms with Gasteiger partial charge in [-0.1, -0.05) is 19.9 Å². The van der Waals surface area contributed by atoms with E-state index in [1.807, 2.05) is 6.92 Å². The summed E-state index contributed by atoms with van der Waals surface area (Å²) >= 11 is 0. The molecule has 0 saturated carbocycles. The molecule has 1 aromatic carbocycles. The van der Waals surface area contributed by atoms with Gasteiger partial charge in [-0.2, -0.15) is 0 Å². The fourth-order valence-corrected chi connectivity index (χ4v) is 1.43. The zero-order valence-electron chi connectivity index (χ0n) is 8.30. The van der Waals surface area contributed by atoms with Crippen molar-refractivity contribution in [2.24, 2.45) is 0 Å². The Hall–Kier alpha value is -0.960. The minimum Gasteiger partial charge on any atom is -0.393 e. The summed E-state index contributed by atoms with van der Waals surface area (Å²) in [6.45, 7) is 3.55. The van der Waals surface area contributed by atoms with E-state index in [0.717, 1.165) is 6.07 Å². The summed E-state index contributed by atoms with van der Waals surface area (Å²) in [6, 6.07) is 3.43. The third kappa shape index (κ3) is 2.29. The number of hydrogen-bond donors (Lipinski definition) is 1. The Bertz CT molecular complexity index is 312. The Kier molecular flexibility index (Phi) is 3.58. The van der Waals surface area contributed by atoms with Crippen molar-refractivity contribution in [3.63, 3.8) is 0 Å². The maximum Gasteiger partial charge on any atom is 0.129 e. The van der Waals surface area contributed by atoms with Crippen molar-refractivity contribution >= 4 is 0 Å². The van der Waals surface area contributed by atoms with Crippen molar-refractivity contribution in [1.82, 2.24) is 0 Å². The van der Waals surface area contributed by atoms with Crippen LogP contribution in [0, 0.1) is 11.6 Å². The molecule has 78 valence electrons. The van der Waals surface area contributed by atoms with Gasteiger partial charge in [0, 0.05) is 12.0 Å². The number of hydrogen-bond acceptors (Lipinski definition) is 1. The highest BCUT2D eigenvalue weighted by molar-refractivity contribution is 5.23. The van der Waals surface area contributed by atoms with Gasteiger partial charge in [-0.25, -0.2) is 8.78 Å². The summed E-state index contributed by atoms with van der Waals surface area (Å²) in [7, 11) is 0. The first kappa shape index (κ1) is 11.1. The maximum atomic E-state index is 13.2. The normalized spacial score (nSPS) is 15.2. The quantitative estimate of drug-likeness (QED) is 0.795. The van der Waals surface area contributed by atoms with Crippen LogP contribution in [0.1, 0.15) is 31.7 Å². The van der Waals surface area contributed by atoms with Crippen LogP contribution in [0.2, 0.25) is 0 Å². The van der Waals surface area contributed by atoms with Gasteiger partial charge in [0.05, 0.1) is 6.10 Å². The molecular formula is C11H14F2O. The predicted octanol–water partition coefficient (Wildman–Crippen LogP) is 2.84. The molecule has 0 amide bonds. The minimum absolute atomic E-state index is 0.305. The molecule has 0 aromatic heterocycles. The fraction of sp³-hybridized carbons (Fsp3) is 0.455. The van der Waals surface area contributed by atoms with Gasteiger partial charge in [0.1, 0.15) is 11.6 Å². The zero-order chi connectivity index (χ0) is 10.7. The van der Waals surface area contributed by atoms with Crippen LogP contribution < -0.4 is 0 Å². The lowest BCUT2D eigenvalue weighted by atomic mass is 9.93. The smallest absolute Gasteiger partial charge is 0.129 e. The van der Waals surface area contributed by atoms with E-state index in [4.69, 9.17) is 0 Å². The lowest BCUT2D eigenvalue weighted by Gasteiger charge is -2.18. The molecule has 0 radical (unpaired) electrons. The lowest BCUT2D eigenvalue weighted by molar-refractivity contribution is 0.143. The van der Waals surface area contributed by atoms with Crippen molar-refractivity contribution < 1.29 is 13.9 Å². The maximum absolute atomic E-state index is 13.2. The highest BCUT2D eigenvalue weighted by Gasteiger charge is 2.17. The predicted molar refractivity (Wildman–Crippen MR) is 51.1 cm³/mol. The van der Waals surface area contributed by atoms with Crippen LogP contribution in [0.4, 0.5) is 8.78 Å². The third-order valence-electron chi connectivity index (χ3n) is 2.45. The molecule has 3 heteroatoms.